The van der Waals surface area contributed by atoms with E-state index in [1.807, 2.05) is 6.20 Å². The van der Waals surface area contributed by atoms with Crippen molar-refractivity contribution in [3.05, 3.63) is 48.0 Å². The summed E-state index contributed by atoms with van der Waals surface area (Å²) in [4.78, 5) is 9.61. The number of nitrogens with one attached hydrogen (secondary N) is 2. The van der Waals surface area contributed by atoms with Gasteiger partial charge in [-0.15, -0.1) is 0 Å². The second kappa shape index (κ2) is 5.89. The molecule has 4 nitrogen and oxygen atoms in total. The summed E-state index contributed by atoms with van der Waals surface area (Å²) in [6, 6.07) is 8.74. The minimum Gasteiger partial charge on any atom is -0.379 e. The van der Waals surface area contributed by atoms with Gasteiger partial charge in [-0.1, -0.05) is 12.1 Å². The summed E-state index contributed by atoms with van der Waals surface area (Å²) in [7, 11) is 0. The van der Waals surface area contributed by atoms with Crippen molar-refractivity contribution in [1.29, 1.82) is 0 Å². The fourth-order valence-corrected chi connectivity index (χ4v) is 2.51. The Morgan fingerprint density at radius 1 is 1.16 bits per heavy atom. The maximum Gasteiger partial charge on any atom is 0.0922 e. The van der Waals surface area contributed by atoms with Gasteiger partial charge in [0, 0.05) is 18.4 Å². The molecule has 0 spiro atoms. The number of likely N-dealkylation sites (tertiary alicyclic amines) is 1. The number of hydrogen-bond donors (Lipinski definition) is 2. The highest BCUT2D eigenvalue weighted by Gasteiger charge is 2.11. The average Bonchev–Trinajstić information content (AvgIpc) is 3.11. The van der Waals surface area contributed by atoms with Crippen LogP contribution in [-0.2, 0) is 13.1 Å². The molecule has 2 heterocycles. The number of aromatic nitrogens is 2. The summed E-state index contributed by atoms with van der Waals surface area (Å²) in [5, 5.41) is 3.38. The Hall–Kier alpha value is -1.81. The summed E-state index contributed by atoms with van der Waals surface area (Å²) >= 11 is 0. The molecular formula is C15H20N4. The molecule has 100 valence electrons. The standard InChI is InChI=1S/C15H20N4/c1-2-8-19(7-1)11-13-3-5-14(6-4-13)17-10-15-9-16-12-18-15/h3-6,9,12,17H,1-2,7-8,10-11H2,(H,16,18). The second-order valence-corrected chi connectivity index (χ2v) is 5.11. The van der Waals surface area contributed by atoms with Crippen molar-refractivity contribution in [3.8, 4) is 0 Å². The molecule has 1 aromatic heterocycles. The Balaban J connectivity index is 1.53. The van der Waals surface area contributed by atoms with Crippen LogP contribution in [0.5, 0.6) is 0 Å². The van der Waals surface area contributed by atoms with Crippen LogP contribution in [0.25, 0.3) is 0 Å². The first-order valence-electron chi connectivity index (χ1n) is 6.92. The van der Waals surface area contributed by atoms with Crippen LogP contribution in [0.15, 0.2) is 36.8 Å². The van der Waals surface area contributed by atoms with Crippen molar-refractivity contribution >= 4 is 5.69 Å². The molecule has 1 aliphatic heterocycles. The zero-order valence-electron chi connectivity index (χ0n) is 11.1. The number of rotatable bonds is 5. The lowest BCUT2D eigenvalue weighted by Gasteiger charge is -2.14. The Kier molecular flexibility index (Phi) is 3.79. The van der Waals surface area contributed by atoms with Crippen molar-refractivity contribution in [1.82, 2.24) is 14.9 Å². The van der Waals surface area contributed by atoms with Gasteiger partial charge in [-0.05, 0) is 43.6 Å². The number of imidazole rings is 1. The van der Waals surface area contributed by atoms with E-state index in [9.17, 15) is 0 Å². The van der Waals surface area contributed by atoms with Crippen molar-refractivity contribution in [3.63, 3.8) is 0 Å². The Morgan fingerprint density at radius 2 is 1.95 bits per heavy atom. The molecule has 1 fully saturated rings. The summed E-state index contributed by atoms with van der Waals surface area (Å²) in [6.45, 7) is 4.37. The van der Waals surface area contributed by atoms with Gasteiger partial charge in [0.1, 0.15) is 0 Å². The maximum absolute atomic E-state index is 4.00. The summed E-state index contributed by atoms with van der Waals surface area (Å²) in [6.07, 6.45) is 6.25. The topological polar surface area (TPSA) is 44.0 Å². The van der Waals surface area contributed by atoms with Crippen LogP contribution in [0.2, 0.25) is 0 Å². The number of hydrogen-bond acceptors (Lipinski definition) is 3. The minimum atomic E-state index is 0.783. The quantitative estimate of drug-likeness (QED) is 0.864. The van der Waals surface area contributed by atoms with E-state index in [4.69, 9.17) is 0 Å². The average molecular weight is 256 g/mol. The van der Waals surface area contributed by atoms with Gasteiger partial charge in [-0.2, -0.15) is 0 Å². The predicted octanol–water partition coefficient (Wildman–Crippen LogP) is 2.62. The summed E-state index contributed by atoms with van der Waals surface area (Å²) < 4.78 is 0. The van der Waals surface area contributed by atoms with E-state index in [0.29, 0.717) is 0 Å². The highest BCUT2D eigenvalue weighted by molar-refractivity contribution is 5.44. The third-order valence-corrected chi connectivity index (χ3v) is 3.60. The number of aromatic amines is 1. The van der Waals surface area contributed by atoms with Crippen molar-refractivity contribution in [2.75, 3.05) is 18.4 Å². The normalized spacial score (nSPS) is 15.8. The molecule has 0 aliphatic carbocycles. The highest BCUT2D eigenvalue weighted by Crippen LogP contribution is 2.15. The molecule has 0 atom stereocenters. The van der Waals surface area contributed by atoms with Crippen molar-refractivity contribution < 1.29 is 0 Å². The van der Waals surface area contributed by atoms with Crippen molar-refractivity contribution in [2.45, 2.75) is 25.9 Å². The molecule has 0 amide bonds. The molecule has 3 rings (SSSR count). The number of benzene rings is 1. The molecule has 0 radical (unpaired) electrons. The predicted molar refractivity (Wildman–Crippen MR) is 76.9 cm³/mol. The van der Waals surface area contributed by atoms with Gasteiger partial charge in [0.15, 0.2) is 0 Å². The molecule has 1 aliphatic rings. The molecule has 0 bridgehead atoms. The van der Waals surface area contributed by atoms with Crippen LogP contribution in [0.3, 0.4) is 0 Å². The third-order valence-electron chi connectivity index (χ3n) is 3.60. The molecule has 2 N–H and O–H groups in total. The van der Waals surface area contributed by atoms with Gasteiger partial charge in [0.25, 0.3) is 0 Å². The molecule has 0 saturated carbocycles. The monoisotopic (exact) mass is 256 g/mol. The lowest BCUT2D eigenvalue weighted by atomic mass is 10.2. The summed E-state index contributed by atoms with van der Waals surface area (Å²) in [5.41, 5.74) is 3.65. The van der Waals surface area contributed by atoms with E-state index in [1.165, 1.54) is 31.5 Å². The maximum atomic E-state index is 4.00. The van der Waals surface area contributed by atoms with Crippen LogP contribution in [-0.4, -0.2) is 28.0 Å². The van der Waals surface area contributed by atoms with Gasteiger partial charge in [-0.3, -0.25) is 4.90 Å². The van der Waals surface area contributed by atoms with Crippen LogP contribution in [0.4, 0.5) is 5.69 Å². The SMILES string of the molecule is c1ncc(CNc2ccc(CN3CCCC3)cc2)[nH]1. The van der Waals surface area contributed by atoms with Crippen LogP contribution >= 0.6 is 0 Å². The van der Waals surface area contributed by atoms with Crippen molar-refractivity contribution in [2.24, 2.45) is 0 Å². The van der Waals surface area contributed by atoms with E-state index in [0.717, 1.165) is 24.5 Å². The first kappa shape index (κ1) is 12.2. The highest BCUT2D eigenvalue weighted by atomic mass is 15.1. The van der Waals surface area contributed by atoms with Gasteiger partial charge in [0.05, 0.1) is 18.6 Å². The van der Waals surface area contributed by atoms with Crippen LogP contribution in [0.1, 0.15) is 24.1 Å². The zero-order chi connectivity index (χ0) is 12.9. The number of anilines is 1. The smallest absolute Gasteiger partial charge is 0.0922 e. The number of nitrogens with zero attached hydrogens (tertiary/aromatic N) is 2. The fraction of sp³-hybridized carbons (Fsp3) is 0.400. The minimum absolute atomic E-state index is 0.783. The summed E-state index contributed by atoms with van der Waals surface area (Å²) in [5.74, 6) is 0. The zero-order valence-corrected chi connectivity index (χ0v) is 11.1. The molecule has 2 aromatic rings. The van der Waals surface area contributed by atoms with Gasteiger partial charge in [-0.25, -0.2) is 4.98 Å². The van der Waals surface area contributed by atoms with Crippen LogP contribution in [0, 0.1) is 0 Å². The van der Waals surface area contributed by atoms with E-state index in [1.54, 1.807) is 6.33 Å². The molecular weight excluding hydrogens is 236 g/mol. The largest absolute Gasteiger partial charge is 0.379 e. The van der Waals surface area contributed by atoms with E-state index >= 15 is 0 Å². The second-order valence-electron chi connectivity index (χ2n) is 5.11. The van der Waals surface area contributed by atoms with Crippen LogP contribution < -0.4 is 5.32 Å². The molecule has 4 heteroatoms. The first-order valence-corrected chi connectivity index (χ1v) is 6.92. The Bertz CT molecular complexity index is 483. The molecule has 1 saturated heterocycles. The first-order chi connectivity index (χ1) is 9.40. The van der Waals surface area contributed by atoms with Gasteiger partial charge < -0.3 is 10.3 Å². The molecule has 0 unspecified atom stereocenters. The molecule has 1 aromatic carbocycles. The lowest BCUT2D eigenvalue weighted by molar-refractivity contribution is 0.331. The third kappa shape index (κ3) is 3.35. The number of H-pyrrole nitrogens is 1. The Labute approximate surface area is 113 Å². The Morgan fingerprint density at radius 3 is 2.63 bits per heavy atom. The van der Waals surface area contributed by atoms with E-state index in [2.05, 4.69) is 44.5 Å². The fourth-order valence-electron chi connectivity index (χ4n) is 2.51. The van der Waals surface area contributed by atoms with E-state index < -0.39 is 0 Å². The van der Waals surface area contributed by atoms with Gasteiger partial charge in [0.2, 0.25) is 0 Å². The molecule has 19 heavy (non-hydrogen) atoms. The van der Waals surface area contributed by atoms with Gasteiger partial charge >= 0.3 is 0 Å². The van der Waals surface area contributed by atoms with E-state index in [-0.39, 0.29) is 0 Å². The lowest BCUT2D eigenvalue weighted by Crippen LogP contribution is -2.18.